The lowest BCUT2D eigenvalue weighted by Crippen LogP contribution is -2.31. The second-order valence-corrected chi connectivity index (χ2v) is 3.87. The Labute approximate surface area is 98.2 Å². The van der Waals surface area contributed by atoms with Crippen LogP contribution in [0.15, 0.2) is 24.3 Å². The number of nitrogens with two attached hydrogens (primary N) is 1. The van der Waals surface area contributed by atoms with E-state index >= 15 is 0 Å². The van der Waals surface area contributed by atoms with Gasteiger partial charge in [0.05, 0.1) is 7.11 Å². The number of hydrogen-bond donors (Lipinski definition) is 1. The molecule has 3 nitrogen and oxygen atoms in total. The minimum atomic E-state index is 0.402. The number of hydrogen-bond acceptors (Lipinski definition) is 3. The van der Waals surface area contributed by atoms with Crippen molar-refractivity contribution in [3.8, 4) is 5.75 Å². The third-order valence-corrected chi connectivity index (χ3v) is 2.97. The van der Waals surface area contributed by atoms with Gasteiger partial charge >= 0.3 is 0 Å². The van der Waals surface area contributed by atoms with Gasteiger partial charge in [-0.2, -0.15) is 0 Å². The maximum Gasteiger partial charge on any atom is 0.118 e. The minimum Gasteiger partial charge on any atom is -0.497 e. The summed E-state index contributed by atoms with van der Waals surface area (Å²) in [5.74, 6) is 0.901. The van der Waals surface area contributed by atoms with Crippen LogP contribution in [0.4, 0.5) is 0 Å². The van der Waals surface area contributed by atoms with Crippen LogP contribution in [0, 0.1) is 0 Å². The summed E-state index contributed by atoms with van der Waals surface area (Å²) in [6.07, 6.45) is 0. The maximum atomic E-state index is 5.60. The predicted molar refractivity (Wildman–Crippen MR) is 67.7 cm³/mol. The number of benzene rings is 1. The number of nitrogens with zero attached hydrogens (tertiary/aromatic N) is 1. The second-order valence-electron chi connectivity index (χ2n) is 3.87. The van der Waals surface area contributed by atoms with E-state index in [1.165, 1.54) is 5.56 Å². The number of likely N-dealkylation sites (N-methyl/N-ethyl adjacent to an activating group) is 1. The molecule has 90 valence electrons. The first-order chi connectivity index (χ1) is 7.72. The van der Waals surface area contributed by atoms with Crippen LogP contribution < -0.4 is 10.5 Å². The number of ether oxygens (including phenoxy) is 1. The van der Waals surface area contributed by atoms with Crippen LogP contribution in [-0.2, 0) is 0 Å². The summed E-state index contributed by atoms with van der Waals surface area (Å²) in [4.78, 5) is 2.36. The highest BCUT2D eigenvalue weighted by Gasteiger charge is 2.12. The summed E-state index contributed by atoms with van der Waals surface area (Å²) in [6.45, 7) is 7.03. The van der Waals surface area contributed by atoms with Crippen LogP contribution in [0.2, 0.25) is 0 Å². The predicted octanol–water partition coefficient (Wildman–Crippen LogP) is 2.04. The molecule has 0 spiro atoms. The Bertz CT molecular complexity index is 297. The summed E-state index contributed by atoms with van der Waals surface area (Å²) >= 11 is 0. The van der Waals surface area contributed by atoms with Gasteiger partial charge in [0, 0.05) is 19.1 Å². The van der Waals surface area contributed by atoms with E-state index in [1.807, 2.05) is 12.1 Å². The lowest BCUT2D eigenvalue weighted by atomic mass is 10.1. The zero-order chi connectivity index (χ0) is 12.0. The standard InChI is InChI=1S/C13H22N2O/c1-4-15(10-9-14)11(2)12-5-7-13(16-3)8-6-12/h5-8,11H,4,9-10,14H2,1-3H3/t11-/m0/s1. The van der Waals surface area contributed by atoms with Crippen molar-refractivity contribution < 1.29 is 4.74 Å². The average Bonchev–Trinajstić information content (AvgIpc) is 2.35. The number of methoxy groups -OCH3 is 1. The lowest BCUT2D eigenvalue weighted by Gasteiger charge is -2.27. The Morgan fingerprint density at radius 2 is 1.94 bits per heavy atom. The fourth-order valence-corrected chi connectivity index (χ4v) is 1.88. The van der Waals surface area contributed by atoms with Crippen LogP contribution >= 0.6 is 0 Å². The molecule has 0 unspecified atom stereocenters. The van der Waals surface area contributed by atoms with E-state index in [1.54, 1.807) is 7.11 Å². The molecule has 16 heavy (non-hydrogen) atoms. The minimum absolute atomic E-state index is 0.402. The molecular formula is C13H22N2O. The average molecular weight is 222 g/mol. The highest BCUT2D eigenvalue weighted by atomic mass is 16.5. The largest absolute Gasteiger partial charge is 0.497 e. The fraction of sp³-hybridized carbons (Fsp3) is 0.538. The molecule has 0 bridgehead atoms. The van der Waals surface area contributed by atoms with Gasteiger partial charge in [-0.15, -0.1) is 0 Å². The molecule has 0 aliphatic carbocycles. The Balaban J connectivity index is 2.73. The van der Waals surface area contributed by atoms with Crippen molar-refractivity contribution in [2.24, 2.45) is 5.73 Å². The fourth-order valence-electron chi connectivity index (χ4n) is 1.88. The van der Waals surface area contributed by atoms with E-state index in [0.29, 0.717) is 12.6 Å². The van der Waals surface area contributed by atoms with Crippen LogP contribution in [0.25, 0.3) is 0 Å². The van der Waals surface area contributed by atoms with Gasteiger partial charge in [-0.3, -0.25) is 4.90 Å². The first-order valence-electron chi connectivity index (χ1n) is 5.81. The van der Waals surface area contributed by atoms with Crippen molar-refractivity contribution >= 4 is 0 Å². The monoisotopic (exact) mass is 222 g/mol. The molecule has 0 fully saturated rings. The first-order valence-corrected chi connectivity index (χ1v) is 5.81. The molecule has 0 saturated carbocycles. The van der Waals surface area contributed by atoms with Gasteiger partial charge in [0.25, 0.3) is 0 Å². The Kier molecular flexibility index (Phi) is 5.29. The first kappa shape index (κ1) is 13.0. The highest BCUT2D eigenvalue weighted by Crippen LogP contribution is 2.21. The molecule has 0 saturated heterocycles. The van der Waals surface area contributed by atoms with E-state index in [4.69, 9.17) is 10.5 Å². The molecule has 0 heterocycles. The summed E-state index contributed by atoms with van der Waals surface area (Å²) in [5.41, 5.74) is 6.91. The van der Waals surface area contributed by atoms with Gasteiger partial charge in [-0.1, -0.05) is 19.1 Å². The van der Waals surface area contributed by atoms with Crippen LogP contribution in [0.5, 0.6) is 5.75 Å². The van der Waals surface area contributed by atoms with Crippen molar-refractivity contribution in [1.82, 2.24) is 4.90 Å². The number of rotatable bonds is 6. The van der Waals surface area contributed by atoms with Gasteiger partial charge < -0.3 is 10.5 Å². The van der Waals surface area contributed by atoms with Crippen LogP contribution in [-0.4, -0.2) is 31.6 Å². The Morgan fingerprint density at radius 1 is 1.31 bits per heavy atom. The summed E-state index contributed by atoms with van der Waals surface area (Å²) < 4.78 is 5.15. The molecule has 1 aromatic rings. The molecular weight excluding hydrogens is 200 g/mol. The summed E-state index contributed by atoms with van der Waals surface area (Å²) in [5, 5.41) is 0. The van der Waals surface area contributed by atoms with E-state index in [0.717, 1.165) is 18.8 Å². The van der Waals surface area contributed by atoms with Gasteiger partial charge in [-0.05, 0) is 31.2 Å². The Morgan fingerprint density at radius 3 is 2.38 bits per heavy atom. The molecule has 1 atom stereocenters. The third kappa shape index (κ3) is 3.22. The molecule has 0 aromatic heterocycles. The third-order valence-electron chi connectivity index (χ3n) is 2.97. The topological polar surface area (TPSA) is 38.5 Å². The molecule has 1 aromatic carbocycles. The van der Waals surface area contributed by atoms with Gasteiger partial charge in [-0.25, -0.2) is 0 Å². The van der Waals surface area contributed by atoms with E-state index in [-0.39, 0.29) is 0 Å². The van der Waals surface area contributed by atoms with Crippen molar-refractivity contribution in [3.63, 3.8) is 0 Å². The van der Waals surface area contributed by atoms with Crippen molar-refractivity contribution in [2.45, 2.75) is 19.9 Å². The van der Waals surface area contributed by atoms with Gasteiger partial charge in [0.2, 0.25) is 0 Å². The summed E-state index contributed by atoms with van der Waals surface area (Å²) in [7, 11) is 1.69. The smallest absolute Gasteiger partial charge is 0.118 e. The maximum absolute atomic E-state index is 5.60. The van der Waals surface area contributed by atoms with Gasteiger partial charge in [0.1, 0.15) is 5.75 Å². The molecule has 0 radical (unpaired) electrons. The zero-order valence-corrected chi connectivity index (χ0v) is 10.4. The lowest BCUT2D eigenvalue weighted by molar-refractivity contribution is 0.228. The second kappa shape index (κ2) is 6.51. The van der Waals surface area contributed by atoms with E-state index in [9.17, 15) is 0 Å². The van der Waals surface area contributed by atoms with Gasteiger partial charge in [0.15, 0.2) is 0 Å². The van der Waals surface area contributed by atoms with Crippen molar-refractivity contribution in [1.29, 1.82) is 0 Å². The molecule has 1 rings (SSSR count). The molecule has 0 amide bonds. The van der Waals surface area contributed by atoms with E-state index in [2.05, 4.69) is 30.9 Å². The molecule has 2 N–H and O–H groups in total. The zero-order valence-electron chi connectivity index (χ0n) is 10.4. The SMILES string of the molecule is CCN(CCN)[C@@H](C)c1ccc(OC)cc1. The molecule has 0 aliphatic heterocycles. The van der Waals surface area contributed by atoms with Crippen molar-refractivity contribution in [3.05, 3.63) is 29.8 Å². The highest BCUT2D eigenvalue weighted by molar-refractivity contribution is 5.28. The molecule has 3 heteroatoms. The molecule has 0 aliphatic rings. The van der Waals surface area contributed by atoms with Crippen LogP contribution in [0.1, 0.15) is 25.5 Å². The normalized spacial score (nSPS) is 12.8. The van der Waals surface area contributed by atoms with Crippen LogP contribution in [0.3, 0.4) is 0 Å². The van der Waals surface area contributed by atoms with Crippen molar-refractivity contribution in [2.75, 3.05) is 26.7 Å². The quantitative estimate of drug-likeness (QED) is 0.800. The van der Waals surface area contributed by atoms with E-state index < -0.39 is 0 Å². The summed E-state index contributed by atoms with van der Waals surface area (Å²) in [6, 6.07) is 8.63. The Hall–Kier alpha value is -1.06.